The molecule has 0 bridgehead atoms. The molecule has 1 atom stereocenters. The van der Waals surface area contributed by atoms with Crippen LogP contribution < -0.4 is 5.32 Å². The van der Waals surface area contributed by atoms with Gasteiger partial charge in [0.15, 0.2) is 0 Å². The molecule has 0 aliphatic heterocycles. The second-order valence-electron chi connectivity index (χ2n) is 5.96. The lowest BCUT2D eigenvalue weighted by Gasteiger charge is -2.29. The Kier molecular flexibility index (Phi) is 4.60. The van der Waals surface area contributed by atoms with E-state index in [-0.39, 0.29) is 0 Å². The van der Waals surface area contributed by atoms with Crippen LogP contribution in [0.4, 0.5) is 0 Å². The molecule has 0 spiro atoms. The first-order valence-electron chi connectivity index (χ1n) is 6.37. The molecular formula is C13H28N2. The summed E-state index contributed by atoms with van der Waals surface area (Å²) in [5.74, 6) is 0. The second kappa shape index (κ2) is 5.31. The standard InChI is InChI=1S/C13H28N2/c1-11(2)15(5)10-9-14-12-7-6-8-13(12,3)4/h11-12,14H,6-10H2,1-5H3. The van der Waals surface area contributed by atoms with Crippen LogP contribution in [0.1, 0.15) is 47.0 Å². The Morgan fingerprint density at radius 3 is 2.53 bits per heavy atom. The molecule has 0 aromatic carbocycles. The van der Waals surface area contributed by atoms with E-state index in [4.69, 9.17) is 0 Å². The van der Waals surface area contributed by atoms with Crippen molar-refractivity contribution in [2.24, 2.45) is 5.41 Å². The normalized spacial score (nSPS) is 25.4. The predicted molar refractivity (Wildman–Crippen MR) is 67.2 cm³/mol. The number of hydrogen-bond acceptors (Lipinski definition) is 2. The van der Waals surface area contributed by atoms with Gasteiger partial charge in [0.2, 0.25) is 0 Å². The minimum Gasteiger partial charge on any atom is -0.312 e. The van der Waals surface area contributed by atoms with Crippen molar-refractivity contribution >= 4 is 0 Å². The molecule has 0 aromatic heterocycles. The maximum Gasteiger partial charge on any atom is 0.0119 e. The molecule has 2 nitrogen and oxygen atoms in total. The highest BCUT2D eigenvalue weighted by atomic mass is 15.1. The van der Waals surface area contributed by atoms with E-state index in [2.05, 4.69) is 45.0 Å². The van der Waals surface area contributed by atoms with Crippen LogP contribution >= 0.6 is 0 Å². The second-order valence-corrected chi connectivity index (χ2v) is 5.96. The highest BCUT2D eigenvalue weighted by molar-refractivity contribution is 4.90. The van der Waals surface area contributed by atoms with Crippen LogP contribution in [0.15, 0.2) is 0 Å². The van der Waals surface area contributed by atoms with E-state index in [1.807, 2.05) is 0 Å². The lowest BCUT2D eigenvalue weighted by Crippen LogP contribution is -2.42. The van der Waals surface area contributed by atoms with E-state index in [1.165, 1.54) is 19.3 Å². The van der Waals surface area contributed by atoms with Gasteiger partial charge in [-0.05, 0) is 39.2 Å². The molecule has 2 heteroatoms. The Hall–Kier alpha value is -0.0800. The lowest BCUT2D eigenvalue weighted by molar-refractivity contribution is 0.242. The number of rotatable bonds is 5. The maximum absolute atomic E-state index is 3.72. The summed E-state index contributed by atoms with van der Waals surface area (Å²) >= 11 is 0. The van der Waals surface area contributed by atoms with Crippen LogP contribution in [0, 0.1) is 5.41 Å². The molecule has 1 rings (SSSR count). The summed E-state index contributed by atoms with van der Waals surface area (Å²) in [6, 6.07) is 1.39. The first-order chi connectivity index (χ1) is 6.93. The number of likely N-dealkylation sites (N-methyl/N-ethyl adjacent to an activating group) is 1. The van der Waals surface area contributed by atoms with Gasteiger partial charge in [0, 0.05) is 25.2 Å². The van der Waals surface area contributed by atoms with Crippen LogP contribution in [-0.4, -0.2) is 37.1 Å². The summed E-state index contributed by atoms with van der Waals surface area (Å²) in [5, 5.41) is 3.72. The van der Waals surface area contributed by atoms with Crippen molar-refractivity contribution in [1.29, 1.82) is 0 Å². The molecule has 1 unspecified atom stereocenters. The summed E-state index contributed by atoms with van der Waals surface area (Å²) in [5.41, 5.74) is 0.510. The van der Waals surface area contributed by atoms with Crippen molar-refractivity contribution in [3.63, 3.8) is 0 Å². The Morgan fingerprint density at radius 1 is 1.40 bits per heavy atom. The summed E-state index contributed by atoms with van der Waals surface area (Å²) in [6.07, 6.45) is 4.13. The van der Waals surface area contributed by atoms with Crippen LogP contribution in [0.5, 0.6) is 0 Å². The number of nitrogens with one attached hydrogen (secondary N) is 1. The first-order valence-corrected chi connectivity index (χ1v) is 6.37. The summed E-state index contributed by atoms with van der Waals surface area (Å²) in [6.45, 7) is 11.6. The van der Waals surface area contributed by atoms with E-state index in [0.29, 0.717) is 11.5 Å². The van der Waals surface area contributed by atoms with Crippen LogP contribution in [0.25, 0.3) is 0 Å². The zero-order chi connectivity index (χ0) is 11.5. The average Bonchev–Trinajstić information content (AvgIpc) is 2.45. The molecule has 0 radical (unpaired) electrons. The third-order valence-corrected chi connectivity index (χ3v) is 3.99. The summed E-state index contributed by atoms with van der Waals surface area (Å²) < 4.78 is 0. The van der Waals surface area contributed by atoms with Gasteiger partial charge in [-0.15, -0.1) is 0 Å². The van der Waals surface area contributed by atoms with E-state index in [9.17, 15) is 0 Å². The van der Waals surface area contributed by atoms with E-state index in [0.717, 1.165) is 19.1 Å². The van der Waals surface area contributed by atoms with Crippen molar-refractivity contribution in [3.8, 4) is 0 Å². The first kappa shape index (κ1) is 13.0. The maximum atomic E-state index is 3.72. The fourth-order valence-electron chi connectivity index (χ4n) is 2.38. The molecule has 0 heterocycles. The fourth-order valence-corrected chi connectivity index (χ4v) is 2.38. The Balaban J connectivity index is 2.20. The Bertz CT molecular complexity index is 187. The molecule has 1 N–H and O–H groups in total. The van der Waals surface area contributed by atoms with Crippen molar-refractivity contribution < 1.29 is 0 Å². The van der Waals surface area contributed by atoms with Crippen molar-refractivity contribution in [2.45, 2.75) is 59.0 Å². The van der Waals surface area contributed by atoms with Gasteiger partial charge in [-0.3, -0.25) is 0 Å². The van der Waals surface area contributed by atoms with Crippen LogP contribution in [-0.2, 0) is 0 Å². The highest BCUT2D eigenvalue weighted by Crippen LogP contribution is 2.36. The van der Waals surface area contributed by atoms with Gasteiger partial charge in [0.25, 0.3) is 0 Å². The van der Waals surface area contributed by atoms with Gasteiger partial charge in [0.1, 0.15) is 0 Å². The van der Waals surface area contributed by atoms with Crippen molar-refractivity contribution in [2.75, 3.05) is 20.1 Å². The highest BCUT2D eigenvalue weighted by Gasteiger charge is 2.33. The Morgan fingerprint density at radius 2 is 2.07 bits per heavy atom. The molecule has 1 aliphatic rings. The van der Waals surface area contributed by atoms with Gasteiger partial charge in [-0.25, -0.2) is 0 Å². The third kappa shape index (κ3) is 3.76. The van der Waals surface area contributed by atoms with Crippen molar-refractivity contribution in [1.82, 2.24) is 10.2 Å². The minimum absolute atomic E-state index is 0.510. The van der Waals surface area contributed by atoms with Gasteiger partial charge < -0.3 is 10.2 Å². The molecule has 0 aromatic rings. The topological polar surface area (TPSA) is 15.3 Å². The van der Waals surface area contributed by atoms with Crippen molar-refractivity contribution in [3.05, 3.63) is 0 Å². The van der Waals surface area contributed by atoms with E-state index in [1.54, 1.807) is 0 Å². The van der Waals surface area contributed by atoms with E-state index >= 15 is 0 Å². The molecule has 1 aliphatic carbocycles. The largest absolute Gasteiger partial charge is 0.312 e. The average molecular weight is 212 g/mol. The molecule has 1 saturated carbocycles. The summed E-state index contributed by atoms with van der Waals surface area (Å²) in [7, 11) is 2.20. The monoisotopic (exact) mass is 212 g/mol. The molecular weight excluding hydrogens is 184 g/mol. The SMILES string of the molecule is CC(C)N(C)CCNC1CCCC1(C)C. The third-order valence-electron chi connectivity index (χ3n) is 3.99. The van der Waals surface area contributed by atoms with Gasteiger partial charge in [0.05, 0.1) is 0 Å². The summed E-state index contributed by atoms with van der Waals surface area (Å²) in [4.78, 5) is 2.40. The zero-order valence-corrected chi connectivity index (χ0v) is 11.1. The number of nitrogens with zero attached hydrogens (tertiary/aromatic N) is 1. The quantitative estimate of drug-likeness (QED) is 0.753. The molecule has 0 saturated heterocycles. The smallest absolute Gasteiger partial charge is 0.0119 e. The van der Waals surface area contributed by atoms with Gasteiger partial charge >= 0.3 is 0 Å². The number of hydrogen-bond donors (Lipinski definition) is 1. The van der Waals surface area contributed by atoms with Gasteiger partial charge in [-0.1, -0.05) is 20.3 Å². The van der Waals surface area contributed by atoms with Gasteiger partial charge in [-0.2, -0.15) is 0 Å². The molecule has 1 fully saturated rings. The molecule has 0 amide bonds. The predicted octanol–water partition coefficient (Wildman–Crippen LogP) is 2.49. The zero-order valence-electron chi connectivity index (χ0n) is 11.1. The van der Waals surface area contributed by atoms with Crippen LogP contribution in [0.3, 0.4) is 0 Å². The lowest BCUT2D eigenvalue weighted by atomic mass is 9.87. The van der Waals surface area contributed by atoms with Crippen LogP contribution in [0.2, 0.25) is 0 Å². The molecule has 15 heavy (non-hydrogen) atoms. The van der Waals surface area contributed by atoms with E-state index < -0.39 is 0 Å². The molecule has 90 valence electrons. The Labute approximate surface area is 95.4 Å². The minimum atomic E-state index is 0.510. The fraction of sp³-hybridized carbons (Fsp3) is 1.00.